The lowest BCUT2D eigenvalue weighted by Crippen LogP contribution is -2.45. The number of benzene rings is 1. The molecule has 3 heteroatoms. The van der Waals surface area contributed by atoms with Crippen LogP contribution in [0.1, 0.15) is 38.7 Å². The van der Waals surface area contributed by atoms with Gasteiger partial charge in [0.1, 0.15) is 0 Å². The van der Waals surface area contributed by atoms with Gasteiger partial charge in [0.25, 0.3) is 0 Å². The zero-order chi connectivity index (χ0) is 13.7. The van der Waals surface area contributed by atoms with Crippen molar-refractivity contribution in [1.29, 1.82) is 0 Å². The van der Waals surface area contributed by atoms with Crippen molar-refractivity contribution in [2.75, 3.05) is 13.1 Å². The first-order valence-electron chi connectivity index (χ1n) is 7.37. The number of nitrogens with one attached hydrogen (secondary N) is 1. The van der Waals surface area contributed by atoms with E-state index in [0.29, 0.717) is 12.1 Å². The van der Waals surface area contributed by atoms with Crippen LogP contribution in [0, 0.1) is 0 Å². The first-order chi connectivity index (χ1) is 9.15. The highest BCUT2D eigenvalue weighted by atomic mass is 35.5. The third-order valence-electron chi connectivity index (χ3n) is 3.90. The molecule has 2 rings (SSSR count). The third-order valence-corrected chi connectivity index (χ3v) is 4.15. The molecule has 0 saturated carbocycles. The molecule has 0 aliphatic carbocycles. The van der Waals surface area contributed by atoms with Crippen molar-refractivity contribution in [3.8, 4) is 0 Å². The van der Waals surface area contributed by atoms with E-state index in [2.05, 4.69) is 36.2 Å². The standard InChI is InChI=1S/C16H25ClN2/c1-13(2)19(12-16-5-3-4-10-18-16)11-14-6-8-15(17)9-7-14/h6-9,13,16,18H,3-5,10-12H2,1-2H3. The lowest BCUT2D eigenvalue weighted by atomic mass is 10.0. The maximum absolute atomic E-state index is 5.94. The zero-order valence-electron chi connectivity index (χ0n) is 12.0. The molecule has 0 amide bonds. The summed E-state index contributed by atoms with van der Waals surface area (Å²) in [5.74, 6) is 0. The topological polar surface area (TPSA) is 15.3 Å². The van der Waals surface area contributed by atoms with Crippen molar-refractivity contribution in [1.82, 2.24) is 10.2 Å². The van der Waals surface area contributed by atoms with E-state index >= 15 is 0 Å². The van der Waals surface area contributed by atoms with Crippen LogP contribution in [0.4, 0.5) is 0 Å². The molecule has 1 saturated heterocycles. The van der Waals surface area contributed by atoms with E-state index in [9.17, 15) is 0 Å². The van der Waals surface area contributed by atoms with E-state index in [1.54, 1.807) is 0 Å². The minimum atomic E-state index is 0.569. The Labute approximate surface area is 122 Å². The summed E-state index contributed by atoms with van der Waals surface area (Å²) in [7, 11) is 0. The summed E-state index contributed by atoms with van der Waals surface area (Å²) in [6.07, 6.45) is 4.00. The summed E-state index contributed by atoms with van der Waals surface area (Å²) >= 11 is 5.94. The second-order valence-electron chi connectivity index (χ2n) is 5.80. The van der Waals surface area contributed by atoms with E-state index in [1.807, 2.05) is 12.1 Å². The van der Waals surface area contributed by atoms with Crippen LogP contribution in [-0.2, 0) is 6.54 Å². The normalized spacial score (nSPS) is 20.2. The van der Waals surface area contributed by atoms with E-state index in [0.717, 1.165) is 18.1 Å². The van der Waals surface area contributed by atoms with Gasteiger partial charge < -0.3 is 5.32 Å². The van der Waals surface area contributed by atoms with Gasteiger partial charge in [-0.05, 0) is 50.9 Å². The van der Waals surface area contributed by atoms with Gasteiger partial charge in [-0.15, -0.1) is 0 Å². The molecule has 1 aliphatic heterocycles. The maximum Gasteiger partial charge on any atom is 0.0406 e. The van der Waals surface area contributed by atoms with Crippen molar-refractivity contribution in [3.05, 3.63) is 34.9 Å². The minimum Gasteiger partial charge on any atom is -0.313 e. The fraction of sp³-hybridized carbons (Fsp3) is 0.625. The summed E-state index contributed by atoms with van der Waals surface area (Å²) in [5, 5.41) is 4.45. The summed E-state index contributed by atoms with van der Waals surface area (Å²) < 4.78 is 0. The molecule has 1 aromatic carbocycles. The van der Waals surface area contributed by atoms with Gasteiger partial charge in [0.2, 0.25) is 0 Å². The number of halogens is 1. The Kier molecular flexibility index (Phi) is 5.68. The third kappa shape index (κ3) is 4.79. The molecule has 0 bridgehead atoms. The molecule has 2 nitrogen and oxygen atoms in total. The molecule has 1 fully saturated rings. The number of nitrogens with zero attached hydrogens (tertiary/aromatic N) is 1. The van der Waals surface area contributed by atoms with E-state index in [1.165, 1.54) is 31.4 Å². The van der Waals surface area contributed by atoms with Crippen LogP contribution >= 0.6 is 11.6 Å². The molecule has 106 valence electrons. The predicted octanol–water partition coefficient (Wildman–Crippen LogP) is 3.69. The Morgan fingerprint density at radius 1 is 1.26 bits per heavy atom. The molecule has 19 heavy (non-hydrogen) atoms. The molecule has 0 spiro atoms. The van der Waals surface area contributed by atoms with Crippen molar-refractivity contribution >= 4 is 11.6 Å². The largest absolute Gasteiger partial charge is 0.313 e. The minimum absolute atomic E-state index is 0.569. The van der Waals surface area contributed by atoms with Crippen LogP contribution in [0.2, 0.25) is 5.02 Å². The molecule has 0 radical (unpaired) electrons. The van der Waals surface area contributed by atoms with Gasteiger partial charge in [0, 0.05) is 30.2 Å². The molecule has 1 aliphatic rings. The van der Waals surface area contributed by atoms with E-state index in [4.69, 9.17) is 11.6 Å². The summed E-state index contributed by atoms with van der Waals surface area (Å²) in [5.41, 5.74) is 1.34. The van der Waals surface area contributed by atoms with E-state index in [-0.39, 0.29) is 0 Å². The van der Waals surface area contributed by atoms with Crippen LogP contribution in [0.15, 0.2) is 24.3 Å². The number of rotatable bonds is 5. The quantitative estimate of drug-likeness (QED) is 0.885. The van der Waals surface area contributed by atoms with Gasteiger partial charge in [0.05, 0.1) is 0 Å². The summed E-state index contributed by atoms with van der Waals surface area (Å²) in [6, 6.07) is 9.45. The lowest BCUT2D eigenvalue weighted by molar-refractivity contribution is 0.177. The molecule has 0 aromatic heterocycles. The van der Waals surface area contributed by atoms with Crippen molar-refractivity contribution in [2.24, 2.45) is 0 Å². The fourth-order valence-electron chi connectivity index (χ4n) is 2.65. The van der Waals surface area contributed by atoms with Gasteiger partial charge in [-0.3, -0.25) is 4.90 Å². The van der Waals surface area contributed by atoms with Crippen LogP contribution in [0.5, 0.6) is 0 Å². The Balaban J connectivity index is 1.93. The van der Waals surface area contributed by atoms with Gasteiger partial charge in [-0.1, -0.05) is 30.2 Å². The SMILES string of the molecule is CC(C)N(Cc1ccc(Cl)cc1)CC1CCCCN1. The van der Waals surface area contributed by atoms with Gasteiger partial charge in [-0.25, -0.2) is 0 Å². The van der Waals surface area contributed by atoms with Gasteiger partial charge >= 0.3 is 0 Å². The molecule has 1 unspecified atom stereocenters. The highest BCUT2D eigenvalue weighted by molar-refractivity contribution is 6.30. The van der Waals surface area contributed by atoms with Gasteiger partial charge in [-0.2, -0.15) is 0 Å². The second kappa shape index (κ2) is 7.28. The van der Waals surface area contributed by atoms with Crippen LogP contribution in [-0.4, -0.2) is 30.1 Å². The second-order valence-corrected chi connectivity index (χ2v) is 6.23. The molecular weight excluding hydrogens is 256 g/mol. The highest BCUT2D eigenvalue weighted by Crippen LogP contribution is 2.15. The molecular formula is C16H25ClN2. The maximum atomic E-state index is 5.94. The Bertz CT molecular complexity index is 369. The Morgan fingerprint density at radius 2 is 2.00 bits per heavy atom. The van der Waals surface area contributed by atoms with Crippen LogP contribution in [0.25, 0.3) is 0 Å². The zero-order valence-corrected chi connectivity index (χ0v) is 12.8. The van der Waals surface area contributed by atoms with E-state index < -0.39 is 0 Å². The van der Waals surface area contributed by atoms with Crippen LogP contribution < -0.4 is 5.32 Å². The Hall–Kier alpha value is -0.570. The van der Waals surface area contributed by atoms with Gasteiger partial charge in [0.15, 0.2) is 0 Å². The summed E-state index contributed by atoms with van der Waals surface area (Å²) in [4.78, 5) is 2.55. The monoisotopic (exact) mass is 280 g/mol. The molecule has 1 N–H and O–H groups in total. The molecule has 1 atom stereocenters. The summed E-state index contributed by atoms with van der Waals surface area (Å²) in [6.45, 7) is 7.88. The number of hydrogen-bond donors (Lipinski definition) is 1. The molecule has 1 aromatic rings. The fourth-order valence-corrected chi connectivity index (χ4v) is 2.77. The molecule has 1 heterocycles. The number of piperidine rings is 1. The number of hydrogen-bond acceptors (Lipinski definition) is 2. The highest BCUT2D eigenvalue weighted by Gasteiger charge is 2.18. The first-order valence-corrected chi connectivity index (χ1v) is 7.75. The predicted molar refractivity (Wildman–Crippen MR) is 82.6 cm³/mol. The average Bonchev–Trinajstić information content (AvgIpc) is 2.41. The first kappa shape index (κ1) is 14.8. The average molecular weight is 281 g/mol. The van der Waals surface area contributed by atoms with Crippen molar-refractivity contribution in [3.63, 3.8) is 0 Å². The van der Waals surface area contributed by atoms with Crippen molar-refractivity contribution in [2.45, 2.75) is 51.7 Å². The smallest absolute Gasteiger partial charge is 0.0406 e. The Morgan fingerprint density at radius 3 is 2.58 bits per heavy atom. The lowest BCUT2D eigenvalue weighted by Gasteiger charge is -2.33. The van der Waals surface area contributed by atoms with Crippen molar-refractivity contribution < 1.29 is 0 Å². The van der Waals surface area contributed by atoms with Crippen LogP contribution in [0.3, 0.4) is 0 Å².